The summed E-state index contributed by atoms with van der Waals surface area (Å²) >= 11 is 3.31. The van der Waals surface area contributed by atoms with Crippen molar-refractivity contribution in [2.45, 2.75) is 19.8 Å². The zero-order valence-electron chi connectivity index (χ0n) is 16.3. The minimum absolute atomic E-state index is 0.382. The minimum Gasteiger partial charge on any atom is -0.494 e. The second-order valence-electron chi connectivity index (χ2n) is 6.29. The predicted octanol–water partition coefficient (Wildman–Crippen LogP) is 3.54. The Hall–Kier alpha value is -2.39. The summed E-state index contributed by atoms with van der Waals surface area (Å²) in [5.41, 5.74) is 3.52. The summed E-state index contributed by atoms with van der Waals surface area (Å²) in [6, 6.07) is 14.1. The molecule has 0 aliphatic heterocycles. The normalized spacial score (nSPS) is 11.4. The van der Waals surface area contributed by atoms with Gasteiger partial charge in [0.15, 0.2) is 0 Å². The molecule has 0 fully saturated rings. The van der Waals surface area contributed by atoms with E-state index in [1.807, 2.05) is 24.3 Å². The molecule has 0 spiro atoms. The van der Waals surface area contributed by atoms with Crippen LogP contribution in [0, 0.1) is 0 Å². The zero-order chi connectivity index (χ0) is 21.3. The number of rotatable bonds is 10. The first kappa shape index (κ1) is 22.9. The molecule has 0 heterocycles. The molecule has 0 saturated carbocycles. The number of nitrogens with zero attached hydrogens (tertiary/aromatic N) is 2. The Morgan fingerprint density at radius 1 is 1.21 bits per heavy atom. The third-order valence-corrected chi connectivity index (χ3v) is 5.66. The Morgan fingerprint density at radius 2 is 1.90 bits per heavy atom. The van der Waals surface area contributed by atoms with Gasteiger partial charge >= 0.3 is 0 Å². The number of unbranched alkanes of at least 4 members (excludes halogenated alkanes) is 1. The Bertz CT molecular complexity index is 946. The second kappa shape index (κ2) is 11.0. The zero-order valence-corrected chi connectivity index (χ0v) is 18.7. The van der Waals surface area contributed by atoms with Gasteiger partial charge in [-0.3, -0.25) is 9.10 Å². The molecule has 1 N–H and O–H groups in total. The van der Waals surface area contributed by atoms with Crippen molar-refractivity contribution >= 4 is 43.8 Å². The van der Waals surface area contributed by atoms with Crippen LogP contribution in [-0.4, -0.2) is 39.9 Å². The van der Waals surface area contributed by atoms with Gasteiger partial charge < -0.3 is 4.74 Å². The minimum atomic E-state index is -3.65. The number of para-hydroxylation sites is 1. The molecule has 0 radical (unpaired) electrons. The van der Waals surface area contributed by atoms with Gasteiger partial charge in [-0.2, -0.15) is 5.10 Å². The number of amides is 1. The molecule has 0 aliphatic rings. The van der Waals surface area contributed by atoms with Crippen molar-refractivity contribution < 1.29 is 17.9 Å². The van der Waals surface area contributed by atoms with E-state index in [2.05, 4.69) is 33.4 Å². The molecule has 0 atom stereocenters. The topological polar surface area (TPSA) is 88.1 Å². The second-order valence-corrected chi connectivity index (χ2v) is 9.05. The number of benzene rings is 2. The van der Waals surface area contributed by atoms with Crippen molar-refractivity contribution in [1.29, 1.82) is 0 Å². The molecule has 0 unspecified atom stereocenters. The number of nitrogens with one attached hydrogen (secondary N) is 1. The van der Waals surface area contributed by atoms with E-state index in [0.717, 1.165) is 34.7 Å². The smallest absolute Gasteiger partial charge is 0.260 e. The van der Waals surface area contributed by atoms with Crippen LogP contribution in [0.15, 0.2) is 58.1 Å². The van der Waals surface area contributed by atoms with Crippen molar-refractivity contribution in [2.75, 3.05) is 23.7 Å². The highest BCUT2D eigenvalue weighted by Crippen LogP contribution is 2.27. The Labute approximate surface area is 179 Å². The number of hydrogen-bond acceptors (Lipinski definition) is 5. The van der Waals surface area contributed by atoms with Crippen molar-refractivity contribution in [3.63, 3.8) is 0 Å². The lowest BCUT2D eigenvalue weighted by molar-refractivity contribution is -0.119. The highest BCUT2D eigenvalue weighted by Gasteiger charge is 2.22. The summed E-state index contributed by atoms with van der Waals surface area (Å²) in [5.74, 6) is 0.221. The summed E-state index contributed by atoms with van der Waals surface area (Å²) in [4.78, 5) is 12.2. The van der Waals surface area contributed by atoms with E-state index in [1.54, 1.807) is 24.3 Å². The van der Waals surface area contributed by atoms with E-state index >= 15 is 0 Å². The predicted molar refractivity (Wildman–Crippen MR) is 119 cm³/mol. The quantitative estimate of drug-likeness (QED) is 0.319. The molecule has 0 aromatic heterocycles. The van der Waals surface area contributed by atoms with Crippen LogP contribution in [0.2, 0.25) is 0 Å². The van der Waals surface area contributed by atoms with Gasteiger partial charge in [-0.25, -0.2) is 13.8 Å². The molecule has 1 amide bonds. The van der Waals surface area contributed by atoms with E-state index in [9.17, 15) is 13.2 Å². The third-order valence-electron chi connectivity index (χ3n) is 3.86. The largest absolute Gasteiger partial charge is 0.494 e. The highest BCUT2D eigenvalue weighted by atomic mass is 79.9. The number of halogens is 1. The van der Waals surface area contributed by atoms with E-state index < -0.39 is 15.9 Å². The summed E-state index contributed by atoms with van der Waals surface area (Å²) in [7, 11) is -3.65. The molecule has 2 aromatic carbocycles. The molecule has 7 nitrogen and oxygen atoms in total. The van der Waals surface area contributed by atoms with Gasteiger partial charge in [0.1, 0.15) is 12.3 Å². The number of ether oxygens (including phenoxy) is 1. The first-order valence-electron chi connectivity index (χ1n) is 9.08. The molecular formula is C20H24BrN3O4S. The van der Waals surface area contributed by atoms with Gasteiger partial charge in [-0.15, -0.1) is 0 Å². The standard InChI is InChI=1S/C20H24BrN3O4S/c1-3-4-13-28-17-11-9-16(10-12-17)14-22-23-20(25)15-24(29(2,26)27)19-8-6-5-7-18(19)21/h5-12,14H,3-4,13,15H2,1-2H3,(H,23,25)/b22-14-. The lowest BCUT2D eigenvalue weighted by atomic mass is 10.2. The van der Waals surface area contributed by atoms with E-state index in [0.29, 0.717) is 16.8 Å². The fourth-order valence-corrected chi connectivity index (χ4v) is 3.85. The maximum atomic E-state index is 12.2. The maximum Gasteiger partial charge on any atom is 0.260 e. The number of sulfonamides is 1. The lowest BCUT2D eigenvalue weighted by Crippen LogP contribution is -2.39. The highest BCUT2D eigenvalue weighted by molar-refractivity contribution is 9.10. The fraction of sp³-hybridized carbons (Fsp3) is 0.300. The summed E-state index contributed by atoms with van der Waals surface area (Å²) in [6.07, 6.45) is 4.60. The first-order valence-corrected chi connectivity index (χ1v) is 11.7. The molecule has 0 bridgehead atoms. The average Bonchev–Trinajstić information content (AvgIpc) is 2.67. The molecule has 2 rings (SSSR count). The maximum absolute atomic E-state index is 12.2. The average molecular weight is 482 g/mol. The van der Waals surface area contributed by atoms with Crippen LogP contribution in [-0.2, 0) is 14.8 Å². The Morgan fingerprint density at radius 3 is 2.52 bits per heavy atom. The SMILES string of the molecule is CCCCOc1ccc(/C=N\NC(=O)CN(c2ccccc2Br)S(C)(=O)=O)cc1. The molecule has 9 heteroatoms. The number of hydrazone groups is 1. The number of carbonyl (C=O) groups excluding carboxylic acids is 1. The molecule has 156 valence electrons. The van der Waals surface area contributed by atoms with Crippen LogP contribution in [0.5, 0.6) is 5.75 Å². The van der Waals surface area contributed by atoms with Crippen LogP contribution in [0.25, 0.3) is 0 Å². The van der Waals surface area contributed by atoms with Crippen LogP contribution in [0.3, 0.4) is 0 Å². The van der Waals surface area contributed by atoms with Crippen LogP contribution in [0.1, 0.15) is 25.3 Å². The molecule has 2 aromatic rings. The number of anilines is 1. The van der Waals surface area contributed by atoms with E-state index in [4.69, 9.17) is 4.74 Å². The van der Waals surface area contributed by atoms with Gasteiger partial charge in [-0.05, 0) is 64.3 Å². The van der Waals surface area contributed by atoms with Crippen molar-refractivity contribution in [1.82, 2.24) is 5.43 Å². The molecular weight excluding hydrogens is 458 g/mol. The molecule has 0 aliphatic carbocycles. The fourth-order valence-electron chi connectivity index (χ4n) is 2.36. The van der Waals surface area contributed by atoms with Crippen LogP contribution >= 0.6 is 15.9 Å². The summed E-state index contributed by atoms with van der Waals surface area (Å²) < 4.78 is 31.4. The van der Waals surface area contributed by atoms with Crippen molar-refractivity contribution in [2.24, 2.45) is 5.10 Å². The van der Waals surface area contributed by atoms with Gasteiger partial charge in [-0.1, -0.05) is 25.5 Å². The van der Waals surface area contributed by atoms with Crippen LogP contribution < -0.4 is 14.5 Å². The molecule has 29 heavy (non-hydrogen) atoms. The number of carbonyl (C=O) groups is 1. The summed E-state index contributed by atoms with van der Waals surface area (Å²) in [6.45, 7) is 2.39. The Balaban J connectivity index is 1.96. The van der Waals surface area contributed by atoms with Gasteiger partial charge in [0, 0.05) is 4.47 Å². The monoisotopic (exact) mass is 481 g/mol. The van der Waals surface area contributed by atoms with E-state index in [-0.39, 0.29) is 6.54 Å². The lowest BCUT2D eigenvalue weighted by Gasteiger charge is -2.22. The van der Waals surface area contributed by atoms with Crippen LogP contribution in [0.4, 0.5) is 5.69 Å². The van der Waals surface area contributed by atoms with Crippen molar-refractivity contribution in [3.05, 3.63) is 58.6 Å². The first-order chi connectivity index (χ1) is 13.8. The van der Waals surface area contributed by atoms with Gasteiger partial charge in [0.2, 0.25) is 10.0 Å². The third kappa shape index (κ3) is 7.51. The van der Waals surface area contributed by atoms with Gasteiger partial charge in [0.05, 0.1) is 24.8 Å². The van der Waals surface area contributed by atoms with Gasteiger partial charge in [0.25, 0.3) is 5.91 Å². The van der Waals surface area contributed by atoms with Crippen molar-refractivity contribution in [3.8, 4) is 5.75 Å². The number of hydrogen-bond donors (Lipinski definition) is 1. The molecule has 0 saturated heterocycles. The summed E-state index contributed by atoms with van der Waals surface area (Å²) in [5, 5.41) is 3.90. The Kier molecular flexibility index (Phi) is 8.66. The van der Waals surface area contributed by atoms with E-state index in [1.165, 1.54) is 6.21 Å².